The quantitative estimate of drug-likeness (QED) is 0.709. The minimum absolute atomic E-state index is 0.0373. The number of para-hydroxylation sites is 1. The number of urea groups is 1. The Morgan fingerprint density at radius 1 is 1.39 bits per heavy atom. The summed E-state index contributed by atoms with van der Waals surface area (Å²) in [6.07, 6.45) is -1.24. The van der Waals surface area contributed by atoms with Gasteiger partial charge < -0.3 is 15.2 Å². The number of amides is 2. The number of ether oxygens (including phenoxy) is 1. The van der Waals surface area contributed by atoms with E-state index in [2.05, 4.69) is 15.8 Å². The van der Waals surface area contributed by atoms with Crippen molar-refractivity contribution in [3.63, 3.8) is 0 Å². The van der Waals surface area contributed by atoms with Crippen LogP contribution in [0, 0.1) is 0 Å². The molecule has 2 amide bonds. The lowest BCUT2D eigenvalue weighted by molar-refractivity contribution is -0.142. The third kappa shape index (κ3) is 2.76. The molecule has 1 aliphatic rings. The number of carbonyl (C=O) groups is 2. The van der Waals surface area contributed by atoms with Gasteiger partial charge in [-0.3, -0.25) is 0 Å². The van der Waals surface area contributed by atoms with Crippen LogP contribution in [0.2, 0.25) is 0 Å². The van der Waals surface area contributed by atoms with E-state index in [1.807, 2.05) is 0 Å². The van der Waals surface area contributed by atoms with Crippen molar-refractivity contribution < 1.29 is 19.4 Å². The number of hydrogen-bond donors (Lipinski definition) is 3. The maximum Gasteiger partial charge on any atom is 0.351 e. The monoisotopic (exact) mass is 249 g/mol. The predicted octanol–water partition coefficient (Wildman–Crippen LogP) is 0.187. The highest BCUT2D eigenvalue weighted by Crippen LogP contribution is 2.12. The van der Waals surface area contributed by atoms with Gasteiger partial charge in [0.15, 0.2) is 0 Å². The molecule has 94 valence electrons. The number of benzene rings is 1. The van der Waals surface area contributed by atoms with Crippen LogP contribution in [0.25, 0.3) is 0 Å². The molecule has 7 heteroatoms. The zero-order valence-electron chi connectivity index (χ0n) is 9.29. The largest absolute Gasteiger partial charge is 0.478 e. The van der Waals surface area contributed by atoms with Gasteiger partial charge in [0.1, 0.15) is 11.5 Å². The molecular weight excluding hydrogens is 238 g/mol. The first kappa shape index (κ1) is 11.9. The molecule has 18 heavy (non-hydrogen) atoms. The van der Waals surface area contributed by atoms with Crippen molar-refractivity contribution in [3.8, 4) is 5.75 Å². The van der Waals surface area contributed by atoms with Crippen molar-refractivity contribution in [3.05, 3.63) is 30.3 Å². The van der Waals surface area contributed by atoms with E-state index < -0.39 is 18.1 Å². The first-order valence-electron chi connectivity index (χ1n) is 5.21. The van der Waals surface area contributed by atoms with Crippen molar-refractivity contribution in [1.29, 1.82) is 0 Å². The summed E-state index contributed by atoms with van der Waals surface area (Å²) >= 11 is 0. The average Bonchev–Trinajstić information content (AvgIpc) is 2.38. The summed E-state index contributed by atoms with van der Waals surface area (Å²) in [4.78, 5) is 22.0. The van der Waals surface area contributed by atoms with Crippen LogP contribution in [0.1, 0.15) is 0 Å². The number of hydrazone groups is 1. The van der Waals surface area contributed by atoms with Gasteiger partial charge in [-0.25, -0.2) is 15.0 Å². The molecule has 0 saturated heterocycles. The zero-order chi connectivity index (χ0) is 13.0. The second kappa shape index (κ2) is 5.17. The molecule has 1 unspecified atom stereocenters. The maximum atomic E-state index is 11.1. The Hall–Kier alpha value is -2.57. The molecule has 0 radical (unpaired) electrons. The molecule has 1 aromatic carbocycles. The highest BCUT2D eigenvalue weighted by molar-refractivity contribution is 6.07. The van der Waals surface area contributed by atoms with Gasteiger partial charge in [-0.05, 0) is 12.1 Å². The number of aliphatic carboxylic acids is 1. The molecular formula is C11H11N3O4. The number of rotatable bonds is 4. The summed E-state index contributed by atoms with van der Waals surface area (Å²) in [5.41, 5.74) is 2.35. The lowest BCUT2D eigenvalue weighted by Crippen LogP contribution is -2.49. The van der Waals surface area contributed by atoms with Crippen LogP contribution in [0.15, 0.2) is 35.4 Å². The van der Waals surface area contributed by atoms with Gasteiger partial charge in [-0.2, -0.15) is 5.10 Å². The van der Waals surface area contributed by atoms with E-state index in [0.717, 1.165) is 0 Å². The first-order chi connectivity index (χ1) is 8.66. The molecule has 7 nitrogen and oxygen atoms in total. The van der Waals surface area contributed by atoms with Crippen molar-refractivity contribution in [1.82, 2.24) is 10.7 Å². The summed E-state index contributed by atoms with van der Waals surface area (Å²) in [6.45, 7) is 0.0373. The van der Waals surface area contributed by atoms with E-state index in [1.165, 1.54) is 0 Å². The molecule has 0 saturated carbocycles. The number of hydrogen-bond acceptors (Lipinski definition) is 4. The highest BCUT2D eigenvalue weighted by Gasteiger charge is 2.28. The van der Waals surface area contributed by atoms with Crippen LogP contribution in [-0.2, 0) is 4.79 Å². The van der Waals surface area contributed by atoms with Crippen molar-refractivity contribution >= 4 is 17.7 Å². The Labute approximate surface area is 102 Å². The Balaban J connectivity index is 2.14. The molecule has 1 aliphatic heterocycles. The fourth-order valence-electron chi connectivity index (χ4n) is 1.42. The number of carboxylic acids is 1. The smallest absolute Gasteiger partial charge is 0.351 e. The van der Waals surface area contributed by atoms with Gasteiger partial charge in [0.05, 0.1) is 6.54 Å². The fraction of sp³-hybridized carbons (Fsp3) is 0.182. The Morgan fingerprint density at radius 2 is 2.11 bits per heavy atom. The number of nitrogens with one attached hydrogen (secondary N) is 2. The number of nitrogens with zero attached hydrogens (tertiary/aromatic N) is 1. The van der Waals surface area contributed by atoms with Crippen molar-refractivity contribution in [2.45, 2.75) is 6.10 Å². The Morgan fingerprint density at radius 3 is 2.67 bits per heavy atom. The van der Waals surface area contributed by atoms with E-state index >= 15 is 0 Å². The summed E-state index contributed by atoms with van der Waals surface area (Å²) in [7, 11) is 0. The lowest BCUT2D eigenvalue weighted by atomic mass is 10.2. The summed E-state index contributed by atoms with van der Waals surface area (Å²) in [5.74, 6) is -0.750. The zero-order valence-corrected chi connectivity index (χ0v) is 9.29. The second-order valence-electron chi connectivity index (χ2n) is 3.55. The molecule has 1 atom stereocenters. The molecule has 3 N–H and O–H groups in total. The van der Waals surface area contributed by atoms with Gasteiger partial charge >= 0.3 is 12.0 Å². The average molecular weight is 249 g/mol. The van der Waals surface area contributed by atoms with E-state index in [9.17, 15) is 9.59 Å². The molecule has 1 aromatic rings. The van der Waals surface area contributed by atoms with E-state index in [1.54, 1.807) is 30.3 Å². The van der Waals surface area contributed by atoms with E-state index in [0.29, 0.717) is 5.75 Å². The second-order valence-corrected chi connectivity index (χ2v) is 3.55. The highest BCUT2D eigenvalue weighted by atomic mass is 16.5. The maximum absolute atomic E-state index is 11.1. The minimum Gasteiger partial charge on any atom is -0.478 e. The summed E-state index contributed by atoms with van der Waals surface area (Å²) in [5, 5.41) is 15.2. The number of carbonyl (C=O) groups excluding carboxylic acids is 1. The van der Waals surface area contributed by atoms with Crippen molar-refractivity contribution in [2.75, 3.05) is 6.54 Å². The molecule has 0 spiro atoms. The van der Waals surface area contributed by atoms with Crippen molar-refractivity contribution in [2.24, 2.45) is 5.10 Å². The van der Waals surface area contributed by atoms with E-state index in [-0.39, 0.29) is 12.3 Å². The molecule has 0 aromatic heterocycles. The standard InChI is InChI=1S/C11H11N3O4/c15-10(16)9(8-6-12-11(17)14-13-8)18-7-4-2-1-3-5-7/h1-5,9H,6H2,(H,15,16)(H2,12,14,17). The predicted molar refractivity (Wildman–Crippen MR) is 62.5 cm³/mol. The van der Waals surface area contributed by atoms with Gasteiger partial charge in [-0.1, -0.05) is 18.2 Å². The van der Waals surface area contributed by atoms with Gasteiger partial charge in [-0.15, -0.1) is 0 Å². The minimum atomic E-state index is -1.24. The summed E-state index contributed by atoms with van der Waals surface area (Å²) < 4.78 is 5.33. The van der Waals surface area contributed by atoms with Crippen LogP contribution < -0.4 is 15.5 Å². The SMILES string of the molecule is O=C1NCC(C(Oc2ccccc2)C(=O)O)=NN1. The number of carboxylic acid groups (broad SMARTS) is 1. The van der Waals surface area contributed by atoms with Crippen LogP contribution in [0.3, 0.4) is 0 Å². The van der Waals surface area contributed by atoms with Crippen LogP contribution >= 0.6 is 0 Å². The Bertz CT molecular complexity index is 486. The molecule has 2 rings (SSSR count). The molecule has 1 heterocycles. The summed E-state index contributed by atoms with van der Waals surface area (Å²) in [6, 6.07) is 8.08. The van der Waals surface area contributed by atoms with E-state index in [4.69, 9.17) is 9.84 Å². The van der Waals surface area contributed by atoms with Gasteiger partial charge in [0.2, 0.25) is 6.10 Å². The van der Waals surface area contributed by atoms with Gasteiger partial charge in [0, 0.05) is 0 Å². The third-order valence-corrected chi connectivity index (χ3v) is 2.26. The topological polar surface area (TPSA) is 100 Å². The molecule has 0 fully saturated rings. The molecule has 0 bridgehead atoms. The molecule has 0 aliphatic carbocycles. The normalized spacial score (nSPS) is 16.0. The third-order valence-electron chi connectivity index (χ3n) is 2.26. The first-order valence-corrected chi connectivity index (χ1v) is 5.21. The fourth-order valence-corrected chi connectivity index (χ4v) is 1.42. The lowest BCUT2D eigenvalue weighted by Gasteiger charge is -2.20. The van der Waals surface area contributed by atoms with Crippen LogP contribution in [0.5, 0.6) is 5.75 Å². The Kier molecular flexibility index (Phi) is 3.42. The van der Waals surface area contributed by atoms with Crippen LogP contribution in [-0.4, -0.2) is 35.5 Å². The van der Waals surface area contributed by atoms with Crippen LogP contribution in [0.4, 0.5) is 4.79 Å². The van der Waals surface area contributed by atoms with Gasteiger partial charge in [0.25, 0.3) is 0 Å².